The van der Waals surface area contributed by atoms with Crippen LogP contribution in [-0.4, -0.2) is 4.57 Å². The fraction of sp³-hybridized carbons (Fsp3) is 0. The maximum Gasteiger partial charge on any atom is 0.0640 e. The van der Waals surface area contributed by atoms with Crippen LogP contribution in [0.4, 0.5) is 17.1 Å². The zero-order valence-corrected chi connectivity index (χ0v) is 36.2. The third-order valence-corrected chi connectivity index (χ3v) is 14.4. The van der Waals surface area contributed by atoms with Crippen LogP contribution in [-0.2, 0) is 0 Å². The standard InChI is InChI=1S/C62H40N2S/c1-2-13-41(14-3-1)42-29-34-48(35-30-42)63(49-36-31-43(32-37-49)45-33-38-52-47(39-45)28-27-44-15-4-5-18-51(44)52)50-17-10-16-46(40-50)53-21-11-24-58-61(53)56-20-6-8-23-57(56)64(58)59-25-12-22-55-54-19-7-9-26-60(54)65-62(55)59/h1-40H. The number of para-hydroxylation sites is 1. The third kappa shape index (κ3) is 6.24. The fourth-order valence-electron chi connectivity index (χ4n) is 10.1. The van der Waals surface area contributed by atoms with Crippen molar-refractivity contribution in [3.05, 3.63) is 243 Å². The van der Waals surface area contributed by atoms with E-state index >= 15 is 0 Å². The molecule has 0 atom stereocenters. The Morgan fingerprint density at radius 3 is 1.74 bits per heavy atom. The molecule has 0 fully saturated rings. The quantitative estimate of drug-likeness (QED) is 0.145. The van der Waals surface area contributed by atoms with Crippen LogP contribution in [0.2, 0.25) is 0 Å². The number of benzene rings is 11. The van der Waals surface area contributed by atoms with Gasteiger partial charge in [0.2, 0.25) is 0 Å². The molecule has 2 aromatic heterocycles. The highest BCUT2D eigenvalue weighted by Gasteiger charge is 2.20. The van der Waals surface area contributed by atoms with Crippen LogP contribution >= 0.6 is 11.3 Å². The first-order chi connectivity index (χ1) is 32.2. The molecule has 0 aliphatic carbocycles. The highest BCUT2D eigenvalue weighted by Crippen LogP contribution is 2.45. The molecule has 3 heteroatoms. The van der Waals surface area contributed by atoms with Gasteiger partial charge < -0.3 is 9.47 Å². The smallest absolute Gasteiger partial charge is 0.0640 e. The van der Waals surface area contributed by atoms with Gasteiger partial charge in [-0.15, -0.1) is 11.3 Å². The lowest BCUT2D eigenvalue weighted by atomic mass is 9.97. The van der Waals surface area contributed by atoms with E-state index in [-0.39, 0.29) is 0 Å². The summed E-state index contributed by atoms with van der Waals surface area (Å²) in [6, 6.07) is 88.9. The van der Waals surface area contributed by atoms with E-state index in [4.69, 9.17) is 0 Å². The second-order valence-corrected chi connectivity index (χ2v) is 17.9. The molecule has 0 radical (unpaired) electrons. The van der Waals surface area contributed by atoms with Gasteiger partial charge in [-0.3, -0.25) is 0 Å². The number of rotatable bonds is 7. The summed E-state index contributed by atoms with van der Waals surface area (Å²) >= 11 is 1.88. The molecule has 0 N–H and O–H groups in total. The zero-order chi connectivity index (χ0) is 42.8. The van der Waals surface area contributed by atoms with Crippen molar-refractivity contribution in [1.29, 1.82) is 0 Å². The molecule has 0 saturated heterocycles. The van der Waals surface area contributed by atoms with E-state index in [1.807, 2.05) is 11.3 Å². The minimum Gasteiger partial charge on any atom is -0.310 e. The Hall–Kier alpha value is -8.24. The number of fused-ring (bicyclic) bond motifs is 9. The van der Waals surface area contributed by atoms with Gasteiger partial charge in [0.1, 0.15) is 0 Å². The van der Waals surface area contributed by atoms with E-state index in [1.165, 1.54) is 103 Å². The number of anilines is 3. The van der Waals surface area contributed by atoms with Crippen LogP contribution in [0.25, 0.3) is 103 Å². The van der Waals surface area contributed by atoms with Gasteiger partial charge in [0.15, 0.2) is 0 Å². The molecule has 13 rings (SSSR count). The average Bonchev–Trinajstić information content (AvgIpc) is 3.93. The SMILES string of the molecule is c1ccc(-c2ccc(N(c3ccc(-c4ccc5c(ccc6ccccc65)c4)cc3)c3cccc(-c4cccc5c4c4ccccc4n5-c4cccc5c4sc4ccccc45)c3)cc2)cc1. The summed E-state index contributed by atoms with van der Waals surface area (Å²) in [4.78, 5) is 2.39. The summed E-state index contributed by atoms with van der Waals surface area (Å²) in [5.41, 5.74) is 14.1. The summed E-state index contributed by atoms with van der Waals surface area (Å²) in [7, 11) is 0. The predicted molar refractivity (Wildman–Crippen MR) is 280 cm³/mol. The van der Waals surface area contributed by atoms with Gasteiger partial charge in [-0.1, -0.05) is 176 Å². The van der Waals surface area contributed by atoms with E-state index in [0.29, 0.717) is 0 Å². The number of hydrogen-bond donors (Lipinski definition) is 0. The minimum atomic E-state index is 1.09. The zero-order valence-electron chi connectivity index (χ0n) is 35.4. The van der Waals surface area contributed by atoms with Crippen molar-refractivity contribution in [2.24, 2.45) is 0 Å². The molecule has 0 spiro atoms. The largest absolute Gasteiger partial charge is 0.310 e. The molecular formula is C62H40N2S. The van der Waals surface area contributed by atoms with E-state index < -0.39 is 0 Å². The van der Waals surface area contributed by atoms with Crippen molar-refractivity contribution in [2.75, 3.05) is 4.90 Å². The van der Waals surface area contributed by atoms with Crippen LogP contribution < -0.4 is 4.90 Å². The van der Waals surface area contributed by atoms with E-state index in [1.54, 1.807) is 0 Å². The lowest BCUT2D eigenvalue weighted by Gasteiger charge is -2.26. The van der Waals surface area contributed by atoms with E-state index in [9.17, 15) is 0 Å². The Morgan fingerprint density at radius 1 is 0.323 bits per heavy atom. The number of thiophene rings is 1. The van der Waals surface area contributed by atoms with E-state index in [2.05, 4.69) is 252 Å². The van der Waals surface area contributed by atoms with Crippen molar-refractivity contribution >= 4 is 91.9 Å². The van der Waals surface area contributed by atoms with Crippen molar-refractivity contribution < 1.29 is 0 Å². The Bertz CT molecular complexity index is 3930. The van der Waals surface area contributed by atoms with Crippen LogP contribution in [0, 0.1) is 0 Å². The van der Waals surface area contributed by atoms with Gasteiger partial charge in [-0.25, -0.2) is 0 Å². The molecule has 0 amide bonds. The first-order valence-electron chi connectivity index (χ1n) is 22.2. The highest BCUT2D eigenvalue weighted by molar-refractivity contribution is 7.26. The van der Waals surface area contributed by atoms with Gasteiger partial charge in [0, 0.05) is 43.3 Å². The summed E-state index contributed by atoms with van der Waals surface area (Å²) in [6.07, 6.45) is 0. The first-order valence-corrected chi connectivity index (χ1v) is 23.1. The Balaban J connectivity index is 0.943. The number of nitrogens with zero attached hydrogens (tertiary/aromatic N) is 2. The van der Waals surface area contributed by atoms with Crippen molar-refractivity contribution in [3.8, 4) is 39.1 Å². The molecule has 0 aliphatic heterocycles. The molecule has 304 valence electrons. The number of aromatic nitrogens is 1. The summed E-state index contributed by atoms with van der Waals surface area (Å²) in [5, 5.41) is 10.2. The van der Waals surface area contributed by atoms with Gasteiger partial charge in [-0.2, -0.15) is 0 Å². The molecule has 11 aromatic carbocycles. The maximum atomic E-state index is 2.48. The molecule has 0 aliphatic rings. The molecule has 0 saturated carbocycles. The Kier molecular flexibility index (Phi) is 8.75. The molecule has 2 heterocycles. The van der Waals surface area contributed by atoms with Crippen LogP contribution in [0.15, 0.2) is 243 Å². The Labute approximate surface area is 381 Å². The topological polar surface area (TPSA) is 8.17 Å². The lowest BCUT2D eigenvalue weighted by Crippen LogP contribution is -2.10. The summed E-state index contributed by atoms with van der Waals surface area (Å²) < 4.78 is 5.10. The molecule has 65 heavy (non-hydrogen) atoms. The average molecular weight is 845 g/mol. The molecule has 0 unspecified atom stereocenters. The monoisotopic (exact) mass is 844 g/mol. The Morgan fingerprint density at radius 2 is 0.908 bits per heavy atom. The van der Waals surface area contributed by atoms with Crippen LogP contribution in [0.5, 0.6) is 0 Å². The van der Waals surface area contributed by atoms with Crippen molar-refractivity contribution in [2.45, 2.75) is 0 Å². The predicted octanol–water partition coefficient (Wildman–Crippen LogP) is 17.9. The van der Waals surface area contributed by atoms with Gasteiger partial charge in [-0.05, 0) is 122 Å². The highest BCUT2D eigenvalue weighted by atomic mass is 32.1. The molecular weight excluding hydrogens is 805 g/mol. The van der Waals surface area contributed by atoms with Crippen LogP contribution in [0.3, 0.4) is 0 Å². The normalized spacial score (nSPS) is 11.7. The lowest BCUT2D eigenvalue weighted by molar-refractivity contribution is 1.20. The second kappa shape index (κ2) is 15.2. The third-order valence-electron chi connectivity index (χ3n) is 13.2. The fourth-order valence-corrected chi connectivity index (χ4v) is 11.3. The summed E-state index contributed by atoms with van der Waals surface area (Å²) in [6.45, 7) is 0. The van der Waals surface area contributed by atoms with Gasteiger partial charge in [0.25, 0.3) is 0 Å². The van der Waals surface area contributed by atoms with E-state index in [0.717, 1.165) is 17.1 Å². The van der Waals surface area contributed by atoms with Crippen molar-refractivity contribution in [1.82, 2.24) is 4.57 Å². The molecule has 13 aromatic rings. The molecule has 0 bridgehead atoms. The molecule has 2 nitrogen and oxygen atoms in total. The second-order valence-electron chi connectivity index (χ2n) is 16.9. The first kappa shape index (κ1) is 37.3. The van der Waals surface area contributed by atoms with Gasteiger partial charge in [0.05, 0.1) is 21.4 Å². The van der Waals surface area contributed by atoms with Crippen molar-refractivity contribution in [3.63, 3.8) is 0 Å². The number of hydrogen-bond acceptors (Lipinski definition) is 2. The van der Waals surface area contributed by atoms with Gasteiger partial charge >= 0.3 is 0 Å². The summed E-state index contributed by atoms with van der Waals surface area (Å²) in [5.74, 6) is 0. The maximum absolute atomic E-state index is 2.48. The van der Waals surface area contributed by atoms with Crippen LogP contribution in [0.1, 0.15) is 0 Å². The minimum absolute atomic E-state index is 1.09.